The van der Waals surface area contributed by atoms with Crippen molar-refractivity contribution in [3.63, 3.8) is 0 Å². The zero-order valence-corrected chi connectivity index (χ0v) is 16.4. The summed E-state index contributed by atoms with van der Waals surface area (Å²) < 4.78 is 0. The van der Waals surface area contributed by atoms with E-state index in [2.05, 4.69) is 42.5 Å². The third-order valence-electron chi connectivity index (χ3n) is 4.29. The molecule has 140 valence electrons. The van der Waals surface area contributed by atoms with Gasteiger partial charge in [0.05, 0.1) is 0 Å². The van der Waals surface area contributed by atoms with Crippen LogP contribution in [0.3, 0.4) is 0 Å². The molecule has 2 N–H and O–H groups in total. The quantitative estimate of drug-likeness (QED) is 0.534. The Hall–Kier alpha value is -2.04. The van der Waals surface area contributed by atoms with Crippen molar-refractivity contribution in [3.8, 4) is 0 Å². The average Bonchev–Trinajstić information content (AvgIpc) is 2.62. The molecule has 0 aliphatic carbocycles. The van der Waals surface area contributed by atoms with Gasteiger partial charge in [-0.2, -0.15) is 0 Å². The van der Waals surface area contributed by atoms with Crippen molar-refractivity contribution >= 4 is 11.9 Å². The second-order valence-electron chi connectivity index (χ2n) is 6.48. The van der Waals surface area contributed by atoms with Crippen molar-refractivity contribution in [2.24, 2.45) is 10.9 Å². The van der Waals surface area contributed by atoms with Crippen molar-refractivity contribution in [1.82, 2.24) is 15.5 Å². The number of carbonyl (C=O) groups excluding carboxylic acids is 1. The molecule has 1 rings (SSSR count). The number of rotatable bonds is 9. The van der Waals surface area contributed by atoms with Crippen LogP contribution in [0.15, 0.2) is 29.3 Å². The lowest BCUT2D eigenvalue weighted by atomic mass is 10.0. The van der Waals surface area contributed by atoms with Crippen LogP contribution in [0.2, 0.25) is 0 Å². The molecule has 25 heavy (non-hydrogen) atoms. The van der Waals surface area contributed by atoms with Gasteiger partial charge >= 0.3 is 0 Å². The van der Waals surface area contributed by atoms with Gasteiger partial charge in [0.1, 0.15) is 0 Å². The van der Waals surface area contributed by atoms with Crippen molar-refractivity contribution in [2.45, 2.75) is 40.0 Å². The first-order valence-corrected chi connectivity index (χ1v) is 9.34. The highest BCUT2D eigenvalue weighted by Crippen LogP contribution is 2.08. The molecule has 0 heterocycles. The minimum atomic E-state index is 0.0369. The minimum absolute atomic E-state index is 0.0369. The zero-order valence-electron chi connectivity index (χ0n) is 16.4. The standard InChI is InChI=1S/C20H34N4O/c1-6-16(7-2)15-23-20(21-8-3)22-13-12-17-10-9-11-18(14-17)19(25)24(4)5/h9-11,14,16H,6-8,12-13,15H2,1-5H3,(H2,21,22,23). The lowest BCUT2D eigenvalue weighted by Crippen LogP contribution is -2.38. The molecule has 0 aromatic heterocycles. The molecule has 0 radical (unpaired) electrons. The van der Waals surface area contributed by atoms with Gasteiger partial charge in [0.2, 0.25) is 0 Å². The summed E-state index contributed by atoms with van der Waals surface area (Å²) in [4.78, 5) is 18.3. The van der Waals surface area contributed by atoms with E-state index in [-0.39, 0.29) is 5.91 Å². The molecule has 0 saturated heterocycles. The SMILES string of the molecule is CCNC(=NCC(CC)CC)NCCc1cccc(C(=O)N(C)C)c1. The summed E-state index contributed by atoms with van der Waals surface area (Å²) in [6, 6.07) is 7.83. The molecule has 0 saturated carbocycles. The molecule has 0 fully saturated rings. The van der Waals surface area contributed by atoms with Crippen LogP contribution in [0.5, 0.6) is 0 Å². The van der Waals surface area contributed by atoms with Crippen LogP contribution in [0.1, 0.15) is 49.5 Å². The maximum Gasteiger partial charge on any atom is 0.253 e. The first kappa shape index (κ1) is 21.0. The molecule has 5 nitrogen and oxygen atoms in total. The molecule has 0 atom stereocenters. The van der Waals surface area contributed by atoms with Crippen LogP contribution < -0.4 is 10.6 Å². The summed E-state index contributed by atoms with van der Waals surface area (Å²) in [6.07, 6.45) is 3.17. The zero-order chi connectivity index (χ0) is 18.7. The number of carbonyl (C=O) groups is 1. The van der Waals surface area contributed by atoms with E-state index in [9.17, 15) is 4.79 Å². The lowest BCUT2D eigenvalue weighted by Gasteiger charge is -2.14. The van der Waals surface area contributed by atoms with Gasteiger partial charge in [0.15, 0.2) is 5.96 Å². The van der Waals surface area contributed by atoms with Crippen LogP contribution in [-0.4, -0.2) is 50.5 Å². The van der Waals surface area contributed by atoms with Gasteiger partial charge in [-0.15, -0.1) is 0 Å². The summed E-state index contributed by atoms with van der Waals surface area (Å²) in [5.74, 6) is 1.55. The number of amides is 1. The molecule has 0 unspecified atom stereocenters. The van der Waals surface area contributed by atoms with Crippen molar-refractivity contribution in [1.29, 1.82) is 0 Å². The molecule has 1 amide bonds. The normalized spacial score (nSPS) is 11.5. The van der Waals surface area contributed by atoms with E-state index in [1.54, 1.807) is 19.0 Å². The molecular formula is C20H34N4O. The number of hydrogen-bond donors (Lipinski definition) is 2. The van der Waals surface area contributed by atoms with Gasteiger partial charge in [-0.1, -0.05) is 38.8 Å². The summed E-state index contributed by atoms with van der Waals surface area (Å²) in [7, 11) is 3.55. The number of nitrogens with zero attached hydrogens (tertiary/aromatic N) is 2. The highest BCUT2D eigenvalue weighted by molar-refractivity contribution is 5.94. The Morgan fingerprint density at radius 3 is 2.48 bits per heavy atom. The molecular weight excluding hydrogens is 312 g/mol. The molecule has 0 aliphatic rings. The van der Waals surface area contributed by atoms with Gasteiger partial charge < -0.3 is 15.5 Å². The molecule has 0 aliphatic heterocycles. The average molecular weight is 347 g/mol. The predicted molar refractivity (Wildman–Crippen MR) is 106 cm³/mol. The molecule has 0 spiro atoms. The van der Waals surface area contributed by atoms with Crippen LogP contribution in [0.25, 0.3) is 0 Å². The second-order valence-corrected chi connectivity index (χ2v) is 6.48. The van der Waals surface area contributed by atoms with E-state index in [0.29, 0.717) is 5.92 Å². The van der Waals surface area contributed by atoms with Gasteiger partial charge in [-0.25, -0.2) is 0 Å². The Kier molecular flexibility index (Phi) is 9.66. The van der Waals surface area contributed by atoms with E-state index >= 15 is 0 Å². The van der Waals surface area contributed by atoms with Gasteiger partial charge in [-0.05, 0) is 37.0 Å². The minimum Gasteiger partial charge on any atom is -0.357 e. The fourth-order valence-electron chi connectivity index (χ4n) is 2.55. The first-order chi connectivity index (χ1) is 12.0. The fraction of sp³-hybridized carbons (Fsp3) is 0.600. The molecule has 0 bridgehead atoms. The Bertz CT molecular complexity index is 550. The Morgan fingerprint density at radius 2 is 1.88 bits per heavy atom. The third kappa shape index (κ3) is 7.59. The second kappa shape index (κ2) is 11.5. The van der Waals surface area contributed by atoms with E-state index in [4.69, 9.17) is 0 Å². The maximum absolute atomic E-state index is 12.1. The summed E-state index contributed by atoms with van der Waals surface area (Å²) in [5, 5.41) is 6.68. The summed E-state index contributed by atoms with van der Waals surface area (Å²) >= 11 is 0. The molecule has 5 heteroatoms. The van der Waals surface area contributed by atoms with Gasteiger partial charge in [0, 0.05) is 39.3 Å². The van der Waals surface area contributed by atoms with Crippen molar-refractivity contribution < 1.29 is 4.79 Å². The lowest BCUT2D eigenvalue weighted by molar-refractivity contribution is 0.0827. The highest BCUT2D eigenvalue weighted by atomic mass is 16.2. The Balaban J connectivity index is 2.59. The van der Waals surface area contributed by atoms with Crippen LogP contribution >= 0.6 is 0 Å². The number of aliphatic imine (C=N–C) groups is 1. The number of guanidine groups is 1. The van der Waals surface area contributed by atoms with Crippen LogP contribution in [0.4, 0.5) is 0 Å². The van der Waals surface area contributed by atoms with E-state index < -0.39 is 0 Å². The van der Waals surface area contributed by atoms with Crippen molar-refractivity contribution in [3.05, 3.63) is 35.4 Å². The smallest absolute Gasteiger partial charge is 0.253 e. The number of nitrogens with one attached hydrogen (secondary N) is 2. The monoisotopic (exact) mass is 346 g/mol. The summed E-state index contributed by atoms with van der Waals surface area (Å²) in [5.41, 5.74) is 1.88. The van der Waals surface area contributed by atoms with Gasteiger partial charge in [-0.3, -0.25) is 9.79 Å². The maximum atomic E-state index is 12.1. The van der Waals surface area contributed by atoms with E-state index in [1.165, 1.54) is 0 Å². The molecule has 1 aromatic carbocycles. The van der Waals surface area contributed by atoms with E-state index in [0.717, 1.165) is 56.0 Å². The Morgan fingerprint density at radius 1 is 1.16 bits per heavy atom. The van der Waals surface area contributed by atoms with Crippen LogP contribution in [0, 0.1) is 5.92 Å². The topological polar surface area (TPSA) is 56.7 Å². The number of hydrogen-bond acceptors (Lipinski definition) is 2. The largest absolute Gasteiger partial charge is 0.357 e. The van der Waals surface area contributed by atoms with E-state index in [1.807, 2.05) is 18.2 Å². The van der Waals surface area contributed by atoms with Crippen LogP contribution in [-0.2, 0) is 6.42 Å². The summed E-state index contributed by atoms with van der Waals surface area (Å²) in [6.45, 7) is 8.99. The predicted octanol–water partition coefficient (Wildman–Crippen LogP) is 2.92. The first-order valence-electron chi connectivity index (χ1n) is 9.34. The van der Waals surface area contributed by atoms with Gasteiger partial charge in [0.25, 0.3) is 5.91 Å². The third-order valence-corrected chi connectivity index (χ3v) is 4.29. The Labute approximate surface area is 152 Å². The molecule has 1 aromatic rings. The number of benzene rings is 1. The van der Waals surface area contributed by atoms with Crippen molar-refractivity contribution in [2.75, 3.05) is 33.7 Å². The fourth-order valence-corrected chi connectivity index (χ4v) is 2.55. The highest BCUT2D eigenvalue weighted by Gasteiger charge is 2.08.